The van der Waals surface area contributed by atoms with Crippen molar-refractivity contribution in [3.8, 4) is 0 Å². The van der Waals surface area contributed by atoms with Crippen LogP contribution < -0.4 is 4.90 Å². The first-order chi connectivity index (χ1) is 16.4. The molecule has 0 unspecified atom stereocenters. The third-order valence-electron chi connectivity index (χ3n) is 6.09. The van der Waals surface area contributed by atoms with E-state index < -0.39 is 34.1 Å². The molecule has 0 N–H and O–H groups in total. The summed E-state index contributed by atoms with van der Waals surface area (Å²) in [6, 6.07) is 11.0. The minimum Gasteiger partial charge on any atom is -0.347 e. The van der Waals surface area contributed by atoms with Gasteiger partial charge in [0.15, 0.2) is 0 Å². The molecule has 0 aliphatic carbocycles. The second-order valence-corrected chi connectivity index (χ2v) is 8.38. The number of benzene rings is 2. The Bertz CT molecular complexity index is 1470. The molecule has 2 amide bonds. The first-order valence-electron chi connectivity index (χ1n) is 10.5. The van der Waals surface area contributed by atoms with Crippen molar-refractivity contribution in [3.05, 3.63) is 86.6 Å². The van der Waals surface area contributed by atoms with Gasteiger partial charge in [-0.3, -0.25) is 19.7 Å². The number of imide groups is 1. The van der Waals surface area contributed by atoms with Crippen LogP contribution in [0.25, 0.3) is 16.5 Å². The molecule has 1 fully saturated rings. The van der Waals surface area contributed by atoms with Crippen LogP contribution in [-0.2, 0) is 16.6 Å². The number of fused-ring (bicyclic) bond motifs is 1. The van der Waals surface area contributed by atoms with Crippen molar-refractivity contribution in [1.29, 1.82) is 0 Å². The highest BCUT2D eigenvalue weighted by Gasteiger charge is 2.49. The van der Waals surface area contributed by atoms with E-state index >= 15 is 0 Å². The standard InChI is InChI=1S/C25H20F3N3O4/c1-13(2)19-21(24(33)30(23(19)32)15-9-11-16(12-10-15)31(34)35)22(25(26,27)28)20-14(3)29(4)18-8-6-5-7-17(18)20/h5-12H,1-4H3/b22-21-. The van der Waals surface area contributed by atoms with Gasteiger partial charge in [0.05, 0.1) is 27.3 Å². The van der Waals surface area contributed by atoms with Gasteiger partial charge in [0.2, 0.25) is 0 Å². The number of aromatic nitrogens is 1. The molecule has 0 radical (unpaired) electrons. The Kier molecular flexibility index (Phi) is 5.62. The lowest BCUT2D eigenvalue weighted by Gasteiger charge is -2.17. The molecule has 1 aliphatic rings. The highest BCUT2D eigenvalue weighted by atomic mass is 19.4. The minimum absolute atomic E-state index is 0.0597. The molecule has 1 aromatic heterocycles. The predicted molar refractivity (Wildman–Crippen MR) is 125 cm³/mol. The third-order valence-corrected chi connectivity index (χ3v) is 6.09. The summed E-state index contributed by atoms with van der Waals surface area (Å²) in [6.07, 6.45) is -4.97. The molecule has 0 spiro atoms. The highest BCUT2D eigenvalue weighted by molar-refractivity contribution is 6.39. The number of non-ortho nitro benzene ring substituents is 1. The Balaban J connectivity index is 2.07. The van der Waals surface area contributed by atoms with Crippen LogP contribution in [0, 0.1) is 17.0 Å². The van der Waals surface area contributed by atoms with Gasteiger partial charge in [-0.2, -0.15) is 13.2 Å². The first kappa shape index (κ1) is 23.9. The number of allylic oxidation sites excluding steroid dienone is 2. The maximum absolute atomic E-state index is 14.7. The molecular weight excluding hydrogens is 463 g/mol. The average molecular weight is 483 g/mol. The second-order valence-electron chi connectivity index (χ2n) is 8.38. The normalized spacial score (nSPS) is 15.9. The molecule has 2 aromatic carbocycles. The first-order valence-corrected chi connectivity index (χ1v) is 10.5. The van der Waals surface area contributed by atoms with Crippen molar-refractivity contribution in [3.63, 3.8) is 0 Å². The lowest BCUT2D eigenvalue weighted by Crippen LogP contribution is -2.29. The number of halogens is 3. The number of alkyl halides is 3. The van der Waals surface area contributed by atoms with E-state index in [1.165, 1.54) is 20.8 Å². The van der Waals surface area contributed by atoms with Crippen LogP contribution in [0.5, 0.6) is 0 Å². The summed E-state index contributed by atoms with van der Waals surface area (Å²) < 4.78 is 45.8. The number of carbonyl (C=O) groups excluding carboxylic acids is 2. The second kappa shape index (κ2) is 8.23. The molecule has 35 heavy (non-hydrogen) atoms. The van der Waals surface area contributed by atoms with Gasteiger partial charge in [0.25, 0.3) is 17.5 Å². The van der Waals surface area contributed by atoms with Gasteiger partial charge in [0.1, 0.15) is 0 Å². The zero-order valence-electron chi connectivity index (χ0n) is 19.2. The van der Waals surface area contributed by atoms with Crippen molar-refractivity contribution >= 4 is 39.7 Å². The van der Waals surface area contributed by atoms with E-state index in [0.717, 1.165) is 24.3 Å². The number of para-hydroxylation sites is 1. The number of nitro groups is 1. The van der Waals surface area contributed by atoms with Crippen molar-refractivity contribution < 1.29 is 27.7 Å². The van der Waals surface area contributed by atoms with Gasteiger partial charge in [-0.1, -0.05) is 23.8 Å². The van der Waals surface area contributed by atoms with Gasteiger partial charge >= 0.3 is 6.18 Å². The predicted octanol–water partition coefficient (Wildman–Crippen LogP) is 5.62. The van der Waals surface area contributed by atoms with Crippen LogP contribution in [0.15, 0.2) is 65.3 Å². The Labute approximate surface area is 197 Å². The maximum Gasteiger partial charge on any atom is 0.417 e. The zero-order chi connectivity index (χ0) is 25.8. The zero-order valence-corrected chi connectivity index (χ0v) is 19.2. The number of nitrogens with zero attached hydrogens (tertiary/aromatic N) is 3. The number of carbonyl (C=O) groups is 2. The molecule has 7 nitrogen and oxygen atoms in total. The summed E-state index contributed by atoms with van der Waals surface area (Å²) in [4.78, 5) is 37.8. The van der Waals surface area contributed by atoms with E-state index in [0.29, 0.717) is 15.8 Å². The van der Waals surface area contributed by atoms with Gasteiger partial charge in [-0.25, -0.2) is 4.90 Å². The average Bonchev–Trinajstić information content (AvgIpc) is 3.18. The van der Waals surface area contributed by atoms with E-state index in [1.54, 1.807) is 35.9 Å². The van der Waals surface area contributed by atoms with E-state index in [9.17, 15) is 32.9 Å². The largest absolute Gasteiger partial charge is 0.417 e. The van der Waals surface area contributed by atoms with E-state index in [-0.39, 0.29) is 33.8 Å². The van der Waals surface area contributed by atoms with E-state index in [2.05, 4.69) is 0 Å². The number of hydrogen-bond donors (Lipinski definition) is 0. The molecule has 3 aromatic rings. The van der Waals surface area contributed by atoms with E-state index in [4.69, 9.17) is 0 Å². The molecule has 1 aliphatic heterocycles. The Hall–Kier alpha value is -4.21. The van der Waals surface area contributed by atoms with Crippen LogP contribution >= 0.6 is 0 Å². The van der Waals surface area contributed by atoms with Crippen LogP contribution in [0.4, 0.5) is 24.5 Å². The third kappa shape index (κ3) is 3.71. The quantitative estimate of drug-likeness (QED) is 0.209. The molecule has 180 valence electrons. The molecule has 0 saturated carbocycles. The van der Waals surface area contributed by atoms with Crippen molar-refractivity contribution in [1.82, 2.24) is 4.57 Å². The van der Waals surface area contributed by atoms with Crippen molar-refractivity contribution in [2.24, 2.45) is 7.05 Å². The molecular formula is C25H20F3N3O4. The van der Waals surface area contributed by atoms with E-state index in [1.807, 2.05) is 0 Å². The topological polar surface area (TPSA) is 85.5 Å². The lowest BCUT2D eigenvalue weighted by atomic mass is 9.91. The Morgan fingerprint density at radius 3 is 2.06 bits per heavy atom. The summed E-state index contributed by atoms with van der Waals surface area (Å²) in [5.74, 6) is -2.06. The SMILES string of the molecule is CC(C)=C1C(=O)N(c2ccc([N+](=O)[O-])cc2)C(=O)/C1=C(/c1c(C)n(C)c2ccccc12)C(F)(F)F. The molecule has 4 rings (SSSR count). The fraction of sp³-hybridized carbons (Fsp3) is 0.200. The number of anilines is 1. The number of nitro benzene ring substituents is 1. The van der Waals surface area contributed by atoms with Crippen molar-refractivity contribution in [2.45, 2.75) is 26.9 Å². The molecule has 10 heteroatoms. The number of hydrogen-bond acceptors (Lipinski definition) is 4. The molecule has 0 bridgehead atoms. The summed E-state index contributed by atoms with van der Waals surface area (Å²) in [7, 11) is 1.63. The smallest absolute Gasteiger partial charge is 0.347 e. The van der Waals surface area contributed by atoms with Crippen LogP contribution in [0.3, 0.4) is 0 Å². The fourth-order valence-corrected chi connectivity index (χ4v) is 4.43. The maximum atomic E-state index is 14.7. The molecule has 2 heterocycles. The molecule has 0 atom stereocenters. The highest BCUT2D eigenvalue weighted by Crippen LogP contribution is 2.47. The summed E-state index contributed by atoms with van der Waals surface area (Å²) >= 11 is 0. The van der Waals surface area contributed by atoms with Gasteiger partial charge in [0, 0.05) is 41.3 Å². The summed E-state index contributed by atoms with van der Waals surface area (Å²) in [5.41, 5.74) is -1.71. The Morgan fingerprint density at radius 1 is 0.943 bits per heavy atom. The lowest BCUT2D eigenvalue weighted by molar-refractivity contribution is -0.384. The van der Waals surface area contributed by atoms with Gasteiger partial charge < -0.3 is 4.57 Å². The van der Waals surface area contributed by atoms with Crippen LogP contribution in [0.2, 0.25) is 0 Å². The summed E-state index contributed by atoms with van der Waals surface area (Å²) in [5, 5.41) is 11.3. The Morgan fingerprint density at radius 2 is 1.51 bits per heavy atom. The van der Waals surface area contributed by atoms with Crippen molar-refractivity contribution in [2.75, 3.05) is 4.90 Å². The fourth-order valence-electron chi connectivity index (χ4n) is 4.43. The molecule has 1 saturated heterocycles. The number of amides is 2. The number of aryl methyl sites for hydroxylation is 1. The van der Waals surface area contributed by atoms with Gasteiger partial charge in [-0.05, 0) is 39.0 Å². The van der Waals surface area contributed by atoms with Gasteiger partial charge in [-0.15, -0.1) is 0 Å². The van der Waals surface area contributed by atoms with Crippen LogP contribution in [-0.4, -0.2) is 27.5 Å². The monoisotopic (exact) mass is 483 g/mol. The minimum atomic E-state index is -4.97. The number of rotatable bonds is 3. The van der Waals surface area contributed by atoms with Crippen LogP contribution in [0.1, 0.15) is 25.1 Å². The summed E-state index contributed by atoms with van der Waals surface area (Å²) in [6.45, 7) is 4.45.